The fourth-order valence-corrected chi connectivity index (χ4v) is 3.24. The summed E-state index contributed by atoms with van der Waals surface area (Å²) in [4.78, 5) is 0. The topological polar surface area (TPSA) is 43.5 Å². The Kier molecular flexibility index (Phi) is 4.73. The molecule has 2 saturated heterocycles. The molecule has 5 rings (SSSR count). The van der Waals surface area contributed by atoms with Crippen molar-refractivity contribution in [1.29, 1.82) is 0 Å². The third-order valence-electron chi connectivity index (χ3n) is 4.88. The molecule has 2 atom stereocenters. The standard InChI is InChI=1S/C24H22O4/c1-3-7-21(27-23-15-25-23)19(5-1)13-17-9-11-18(12-10-17)14-20-6-2-4-8-22(20)28-24-16-26-24/h1-12,23-24H,13-16H2. The van der Waals surface area contributed by atoms with Gasteiger partial charge in [0.2, 0.25) is 12.6 Å². The molecule has 2 heterocycles. The van der Waals surface area contributed by atoms with E-state index in [-0.39, 0.29) is 12.6 Å². The Labute approximate surface area is 164 Å². The highest BCUT2D eigenvalue weighted by Crippen LogP contribution is 2.27. The van der Waals surface area contributed by atoms with Crippen molar-refractivity contribution in [3.8, 4) is 11.5 Å². The predicted octanol–water partition coefficient (Wildman–Crippen LogP) is 4.34. The van der Waals surface area contributed by atoms with Gasteiger partial charge in [0.1, 0.15) is 24.7 Å². The zero-order chi connectivity index (χ0) is 18.8. The smallest absolute Gasteiger partial charge is 0.223 e. The van der Waals surface area contributed by atoms with Crippen LogP contribution in [0.5, 0.6) is 11.5 Å². The van der Waals surface area contributed by atoms with Gasteiger partial charge in [-0.2, -0.15) is 0 Å². The van der Waals surface area contributed by atoms with Crippen molar-refractivity contribution >= 4 is 0 Å². The SMILES string of the molecule is c1ccc(OC2CO2)c(Cc2ccc(Cc3ccccc3OC3CO3)cc2)c1. The van der Waals surface area contributed by atoms with Gasteiger partial charge in [-0.25, -0.2) is 0 Å². The molecule has 0 aromatic heterocycles. The van der Waals surface area contributed by atoms with Gasteiger partial charge in [-0.05, 0) is 34.4 Å². The minimum Gasteiger partial charge on any atom is -0.462 e. The van der Waals surface area contributed by atoms with E-state index in [1.165, 1.54) is 22.3 Å². The van der Waals surface area contributed by atoms with Crippen molar-refractivity contribution in [3.63, 3.8) is 0 Å². The molecule has 3 aromatic carbocycles. The van der Waals surface area contributed by atoms with Gasteiger partial charge in [0.15, 0.2) is 0 Å². The lowest BCUT2D eigenvalue weighted by Gasteiger charge is -2.11. The molecule has 2 aliphatic rings. The molecule has 0 bridgehead atoms. The van der Waals surface area contributed by atoms with Gasteiger partial charge in [0, 0.05) is 12.8 Å². The van der Waals surface area contributed by atoms with Crippen LogP contribution in [0.15, 0.2) is 72.8 Å². The van der Waals surface area contributed by atoms with E-state index in [4.69, 9.17) is 18.9 Å². The molecule has 4 nitrogen and oxygen atoms in total. The molecule has 0 aliphatic carbocycles. The van der Waals surface area contributed by atoms with Crippen LogP contribution < -0.4 is 9.47 Å². The van der Waals surface area contributed by atoms with Crippen LogP contribution in [0.4, 0.5) is 0 Å². The van der Waals surface area contributed by atoms with E-state index in [0.717, 1.165) is 24.3 Å². The third-order valence-corrected chi connectivity index (χ3v) is 4.88. The van der Waals surface area contributed by atoms with Crippen LogP contribution in [0.2, 0.25) is 0 Å². The second kappa shape index (κ2) is 7.66. The minimum absolute atomic E-state index is 0.0770. The second-order valence-corrected chi connectivity index (χ2v) is 7.15. The number of para-hydroxylation sites is 2. The maximum Gasteiger partial charge on any atom is 0.223 e. The maximum absolute atomic E-state index is 5.83. The highest BCUT2D eigenvalue weighted by molar-refractivity contribution is 5.41. The highest BCUT2D eigenvalue weighted by Gasteiger charge is 2.26. The molecule has 28 heavy (non-hydrogen) atoms. The predicted molar refractivity (Wildman–Crippen MR) is 106 cm³/mol. The molecule has 0 amide bonds. The second-order valence-electron chi connectivity index (χ2n) is 7.15. The summed E-state index contributed by atoms with van der Waals surface area (Å²) in [6.45, 7) is 1.36. The Hall–Kier alpha value is -2.82. The summed E-state index contributed by atoms with van der Waals surface area (Å²) >= 11 is 0. The molecule has 0 radical (unpaired) electrons. The summed E-state index contributed by atoms with van der Waals surface area (Å²) in [6.07, 6.45) is 1.52. The zero-order valence-electron chi connectivity index (χ0n) is 15.5. The van der Waals surface area contributed by atoms with E-state index in [1.54, 1.807) is 0 Å². The van der Waals surface area contributed by atoms with Gasteiger partial charge >= 0.3 is 0 Å². The Morgan fingerprint density at radius 3 is 1.39 bits per heavy atom. The van der Waals surface area contributed by atoms with Crippen LogP contribution in [0, 0.1) is 0 Å². The van der Waals surface area contributed by atoms with Crippen molar-refractivity contribution in [2.45, 2.75) is 25.4 Å². The maximum atomic E-state index is 5.83. The molecule has 0 spiro atoms. The van der Waals surface area contributed by atoms with E-state index < -0.39 is 0 Å². The van der Waals surface area contributed by atoms with E-state index in [9.17, 15) is 0 Å². The van der Waals surface area contributed by atoms with Gasteiger partial charge < -0.3 is 18.9 Å². The third kappa shape index (κ3) is 4.35. The molecular formula is C24H22O4. The monoisotopic (exact) mass is 374 g/mol. The van der Waals surface area contributed by atoms with Crippen LogP contribution in [-0.2, 0) is 22.3 Å². The summed E-state index contributed by atoms with van der Waals surface area (Å²) in [6, 6.07) is 25.1. The van der Waals surface area contributed by atoms with E-state index >= 15 is 0 Å². The zero-order valence-corrected chi connectivity index (χ0v) is 15.5. The number of rotatable bonds is 8. The van der Waals surface area contributed by atoms with Gasteiger partial charge in [-0.3, -0.25) is 0 Å². The van der Waals surface area contributed by atoms with Gasteiger partial charge in [0.05, 0.1) is 0 Å². The van der Waals surface area contributed by atoms with Crippen LogP contribution in [-0.4, -0.2) is 25.8 Å². The van der Waals surface area contributed by atoms with Crippen molar-refractivity contribution in [2.24, 2.45) is 0 Å². The summed E-state index contributed by atoms with van der Waals surface area (Å²) in [5.41, 5.74) is 4.86. The summed E-state index contributed by atoms with van der Waals surface area (Å²) in [7, 11) is 0. The average molecular weight is 374 g/mol. The first kappa shape index (κ1) is 17.3. The molecule has 142 valence electrons. The first-order valence-electron chi connectivity index (χ1n) is 9.64. The molecular weight excluding hydrogens is 352 g/mol. The van der Waals surface area contributed by atoms with Crippen molar-refractivity contribution in [1.82, 2.24) is 0 Å². The molecule has 4 heteroatoms. The van der Waals surface area contributed by atoms with Crippen LogP contribution >= 0.6 is 0 Å². The highest BCUT2D eigenvalue weighted by atomic mass is 16.8. The number of hydrogen-bond acceptors (Lipinski definition) is 4. The first-order valence-corrected chi connectivity index (χ1v) is 9.64. The Bertz CT molecular complexity index is 864. The van der Waals surface area contributed by atoms with E-state index in [0.29, 0.717) is 13.2 Å². The van der Waals surface area contributed by atoms with Crippen molar-refractivity contribution in [2.75, 3.05) is 13.2 Å². The van der Waals surface area contributed by atoms with Crippen LogP contribution in [0.1, 0.15) is 22.3 Å². The van der Waals surface area contributed by atoms with Crippen LogP contribution in [0.3, 0.4) is 0 Å². The fraction of sp³-hybridized carbons (Fsp3) is 0.250. The molecule has 2 aliphatic heterocycles. The lowest BCUT2D eigenvalue weighted by Crippen LogP contribution is -2.02. The van der Waals surface area contributed by atoms with Crippen molar-refractivity contribution < 1.29 is 18.9 Å². The Morgan fingerprint density at radius 2 is 1.00 bits per heavy atom. The largest absolute Gasteiger partial charge is 0.462 e. The van der Waals surface area contributed by atoms with E-state index in [1.807, 2.05) is 36.4 Å². The quantitative estimate of drug-likeness (QED) is 0.550. The van der Waals surface area contributed by atoms with E-state index in [2.05, 4.69) is 36.4 Å². The first-order chi connectivity index (χ1) is 13.8. The van der Waals surface area contributed by atoms with Gasteiger partial charge in [-0.1, -0.05) is 60.7 Å². The summed E-state index contributed by atoms with van der Waals surface area (Å²) in [5.74, 6) is 1.81. The van der Waals surface area contributed by atoms with Crippen molar-refractivity contribution in [3.05, 3.63) is 95.1 Å². The Morgan fingerprint density at radius 1 is 0.607 bits per heavy atom. The van der Waals surface area contributed by atoms with Gasteiger partial charge in [0.25, 0.3) is 0 Å². The molecule has 3 aromatic rings. The number of epoxide rings is 2. The van der Waals surface area contributed by atoms with Gasteiger partial charge in [-0.15, -0.1) is 0 Å². The summed E-state index contributed by atoms with van der Waals surface area (Å²) in [5, 5.41) is 0. The Balaban J connectivity index is 1.28. The number of benzene rings is 3. The normalized spacial score (nSPS) is 19.9. The lowest BCUT2D eigenvalue weighted by molar-refractivity contribution is 0.177. The number of ether oxygens (including phenoxy) is 4. The number of hydrogen-bond donors (Lipinski definition) is 0. The molecule has 2 unspecified atom stereocenters. The summed E-state index contributed by atoms with van der Waals surface area (Å²) < 4.78 is 22.0. The molecule has 0 N–H and O–H groups in total. The molecule has 2 fully saturated rings. The lowest BCUT2D eigenvalue weighted by atomic mass is 9.99. The van der Waals surface area contributed by atoms with Crippen LogP contribution in [0.25, 0.3) is 0 Å². The average Bonchev–Trinajstić information content (AvgIpc) is 3.63. The molecule has 0 saturated carbocycles. The fourth-order valence-electron chi connectivity index (χ4n) is 3.24. The minimum atomic E-state index is -0.0770.